The van der Waals surface area contributed by atoms with Gasteiger partial charge in [0.05, 0.1) is 12.0 Å². The number of hydrogen-bond donors (Lipinski definition) is 0. The van der Waals surface area contributed by atoms with Gasteiger partial charge in [-0.1, -0.05) is 26.0 Å². The quantitative estimate of drug-likeness (QED) is 0.764. The van der Waals surface area contributed by atoms with Crippen molar-refractivity contribution >= 4 is 5.91 Å². The molecule has 1 saturated carbocycles. The van der Waals surface area contributed by atoms with E-state index in [1.54, 1.807) is 12.1 Å². The first-order chi connectivity index (χ1) is 13.5. The highest BCUT2D eigenvalue weighted by Gasteiger charge is 2.32. The number of amides is 1. The average molecular weight is 384 g/mol. The molecule has 2 aromatic rings. The largest absolute Gasteiger partial charge is 0.334 e. The molecule has 0 N–H and O–H groups in total. The normalized spacial score (nSPS) is 21.4. The van der Waals surface area contributed by atoms with Gasteiger partial charge < -0.3 is 9.47 Å². The second-order valence-electron chi connectivity index (χ2n) is 8.47. The van der Waals surface area contributed by atoms with Gasteiger partial charge >= 0.3 is 0 Å². The fourth-order valence-corrected chi connectivity index (χ4v) is 4.11. The Bertz CT molecular complexity index is 812. The lowest BCUT2D eigenvalue weighted by atomic mass is 10.0. The number of aromatic nitrogens is 2. The summed E-state index contributed by atoms with van der Waals surface area (Å²) < 4.78 is 15.5. The van der Waals surface area contributed by atoms with Gasteiger partial charge in [-0.15, -0.1) is 0 Å². The van der Waals surface area contributed by atoms with Crippen LogP contribution in [0.5, 0.6) is 0 Å². The molecule has 0 radical (unpaired) electrons. The first kappa shape index (κ1) is 19.1. The number of hydrogen-bond acceptors (Lipinski definition) is 3. The SMILES string of the molecule is CC(C)[C@H]1CN(Cc2cncn2C2CC2)CCC(=O)N1Cc1ccc(F)cc1. The van der Waals surface area contributed by atoms with Gasteiger partial charge in [-0.05, 0) is 36.5 Å². The molecule has 1 aromatic carbocycles. The van der Waals surface area contributed by atoms with Crippen LogP contribution >= 0.6 is 0 Å². The summed E-state index contributed by atoms with van der Waals surface area (Å²) in [6.45, 7) is 7.33. The summed E-state index contributed by atoms with van der Waals surface area (Å²) in [5, 5.41) is 0. The van der Waals surface area contributed by atoms with E-state index in [1.807, 2.05) is 17.4 Å². The molecule has 150 valence electrons. The van der Waals surface area contributed by atoms with Crippen LogP contribution in [0, 0.1) is 11.7 Å². The number of nitrogens with zero attached hydrogens (tertiary/aromatic N) is 4. The molecular weight excluding hydrogens is 355 g/mol. The number of halogens is 1. The third-order valence-electron chi connectivity index (χ3n) is 5.92. The predicted octanol–water partition coefficient (Wildman–Crippen LogP) is 3.62. The molecule has 1 aromatic heterocycles. The molecule has 4 rings (SSSR count). The molecular formula is C22H29FN4O. The Morgan fingerprint density at radius 2 is 1.93 bits per heavy atom. The van der Waals surface area contributed by atoms with Gasteiger partial charge in [0.2, 0.25) is 5.91 Å². The molecule has 2 fully saturated rings. The Kier molecular flexibility index (Phi) is 5.49. The average Bonchev–Trinajstić information content (AvgIpc) is 3.43. The smallest absolute Gasteiger partial charge is 0.224 e. The highest BCUT2D eigenvalue weighted by molar-refractivity contribution is 5.77. The Labute approximate surface area is 166 Å². The molecule has 1 atom stereocenters. The molecule has 0 spiro atoms. The molecule has 0 unspecified atom stereocenters. The maximum atomic E-state index is 13.2. The van der Waals surface area contributed by atoms with E-state index >= 15 is 0 Å². The monoisotopic (exact) mass is 384 g/mol. The van der Waals surface area contributed by atoms with Crippen molar-refractivity contribution in [3.63, 3.8) is 0 Å². The van der Waals surface area contributed by atoms with Crippen molar-refractivity contribution in [2.24, 2.45) is 5.92 Å². The van der Waals surface area contributed by atoms with E-state index in [0.29, 0.717) is 24.9 Å². The van der Waals surface area contributed by atoms with Crippen LogP contribution in [0.15, 0.2) is 36.8 Å². The van der Waals surface area contributed by atoms with Gasteiger partial charge in [0, 0.05) is 50.9 Å². The molecule has 1 saturated heterocycles. The third kappa shape index (κ3) is 4.27. The van der Waals surface area contributed by atoms with Gasteiger partial charge in [0.15, 0.2) is 0 Å². The van der Waals surface area contributed by atoms with Crippen LogP contribution in [0.3, 0.4) is 0 Å². The Morgan fingerprint density at radius 3 is 2.61 bits per heavy atom. The predicted molar refractivity (Wildman–Crippen MR) is 106 cm³/mol. The summed E-state index contributed by atoms with van der Waals surface area (Å²) in [7, 11) is 0. The summed E-state index contributed by atoms with van der Waals surface area (Å²) in [4.78, 5) is 21.7. The Hall–Kier alpha value is -2.21. The van der Waals surface area contributed by atoms with Crippen molar-refractivity contribution in [1.29, 1.82) is 0 Å². The van der Waals surface area contributed by atoms with Crippen LogP contribution in [-0.2, 0) is 17.9 Å². The Morgan fingerprint density at radius 1 is 1.18 bits per heavy atom. The molecule has 1 aliphatic carbocycles. The summed E-state index contributed by atoms with van der Waals surface area (Å²) in [5.74, 6) is 0.282. The lowest BCUT2D eigenvalue weighted by molar-refractivity contribution is -0.134. The van der Waals surface area contributed by atoms with Crippen molar-refractivity contribution in [3.8, 4) is 0 Å². The maximum absolute atomic E-state index is 13.2. The van der Waals surface area contributed by atoms with Gasteiger partial charge in [0.25, 0.3) is 0 Å². The molecule has 2 aliphatic rings. The fraction of sp³-hybridized carbons (Fsp3) is 0.545. The van der Waals surface area contributed by atoms with Crippen LogP contribution in [0.4, 0.5) is 4.39 Å². The zero-order valence-electron chi connectivity index (χ0n) is 16.7. The van der Waals surface area contributed by atoms with Gasteiger partial charge in [-0.2, -0.15) is 0 Å². The number of carbonyl (C=O) groups is 1. The molecule has 28 heavy (non-hydrogen) atoms. The summed E-state index contributed by atoms with van der Waals surface area (Å²) in [6.07, 6.45) is 6.90. The van der Waals surface area contributed by atoms with E-state index in [9.17, 15) is 9.18 Å². The highest BCUT2D eigenvalue weighted by atomic mass is 19.1. The van der Waals surface area contributed by atoms with Crippen molar-refractivity contribution < 1.29 is 9.18 Å². The van der Waals surface area contributed by atoms with E-state index in [4.69, 9.17) is 0 Å². The van der Waals surface area contributed by atoms with E-state index < -0.39 is 0 Å². The minimum Gasteiger partial charge on any atom is -0.334 e. The van der Waals surface area contributed by atoms with Gasteiger partial charge in [-0.25, -0.2) is 9.37 Å². The second kappa shape index (κ2) is 8.03. The summed E-state index contributed by atoms with van der Waals surface area (Å²) in [6, 6.07) is 7.23. The lowest BCUT2D eigenvalue weighted by Gasteiger charge is -2.35. The van der Waals surface area contributed by atoms with Crippen molar-refractivity contribution in [2.45, 2.75) is 58.3 Å². The third-order valence-corrected chi connectivity index (χ3v) is 5.92. The fourth-order valence-electron chi connectivity index (χ4n) is 4.11. The highest BCUT2D eigenvalue weighted by Crippen LogP contribution is 2.36. The molecule has 0 bridgehead atoms. The number of rotatable bonds is 6. The van der Waals surface area contributed by atoms with Crippen LogP contribution in [0.1, 0.15) is 50.4 Å². The van der Waals surface area contributed by atoms with E-state index in [1.165, 1.54) is 30.7 Å². The number of imidazole rings is 1. The zero-order valence-corrected chi connectivity index (χ0v) is 16.7. The standard InChI is InChI=1S/C22H29FN4O/c1-16(2)21-14-25(13-20-11-24-15-27(20)19-7-8-19)10-9-22(28)26(21)12-17-3-5-18(23)6-4-17/h3-6,11,15-16,19,21H,7-10,12-14H2,1-2H3/t21-/m1/s1. The van der Waals surface area contributed by atoms with E-state index in [2.05, 4.69) is 28.3 Å². The van der Waals surface area contributed by atoms with E-state index in [-0.39, 0.29) is 17.8 Å². The molecule has 1 aliphatic heterocycles. The van der Waals surface area contributed by atoms with Crippen LogP contribution in [0.2, 0.25) is 0 Å². The van der Waals surface area contributed by atoms with Crippen molar-refractivity contribution in [3.05, 3.63) is 53.9 Å². The Balaban J connectivity index is 1.50. The summed E-state index contributed by atoms with van der Waals surface area (Å²) >= 11 is 0. The lowest BCUT2D eigenvalue weighted by Crippen LogP contribution is -2.45. The number of benzene rings is 1. The minimum absolute atomic E-state index is 0.136. The molecule has 5 nitrogen and oxygen atoms in total. The maximum Gasteiger partial charge on any atom is 0.224 e. The molecule has 6 heteroatoms. The van der Waals surface area contributed by atoms with Crippen molar-refractivity contribution in [1.82, 2.24) is 19.4 Å². The van der Waals surface area contributed by atoms with E-state index in [0.717, 1.165) is 25.2 Å². The second-order valence-corrected chi connectivity index (χ2v) is 8.47. The topological polar surface area (TPSA) is 41.4 Å². The van der Waals surface area contributed by atoms with Crippen LogP contribution in [-0.4, -0.2) is 44.4 Å². The van der Waals surface area contributed by atoms with Gasteiger partial charge in [-0.3, -0.25) is 9.69 Å². The zero-order chi connectivity index (χ0) is 19.7. The summed E-state index contributed by atoms with van der Waals surface area (Å²) in [5.41, 5.74) is 2.21. The van der Waals surface area contributed by atoms with Gasteiger partial charge in [0.1, 0.15) is 5.82 Å². The van der Waals surface area contributed by atoms with Crippen LogP contribution in [0.25, 0.3) is 0 Å². The first-order valence-corrected chi connectivity index (χ1v) is 10.3. The van der Waals surface area contributed by atoms with Crippen LogP contribution < -0.4 is 0 Å². The van der Waals surface area contributed by atoms with Crippen molar-refractivity contribution in [2.75, 3.05) is 13.1 Å². The minimum atomic E-state index is -0.246. The molecule has 1 amide bonds. The first-order valence-electron chi connectivity index (χ1n) is 10.3. The molecule has 2 heterocycles. The number of carbonyl (C=O) groups excluding carboxylic acids is 1.